The molecule has 0 amide bonds. The minimum absolute atomic E-state index is 0.213. The van der Waals surface area contributed by atoms with Gasteiger partial charge in [0.05, 0.1) is 18.8 Å². The van der Waals surface area contributed by atoms with Crippen molar-refractivity contribution in [2.75, 3.05) is 11.9 Å². The van der Waals surface area contributed by atoms with E-state index in [1.807, 2.05) is 13.0 Å². The number of fused-ring (bicyclic) bond motifs is 1. The maximum atomic E-state index is 5.86. The van der Waals surface area contributed by atoms with Gasteiger partial charge < -0.3 is 19.3 Å². The van der Waals surface area contributed by atoms with Crippen LogP contribution in [0.25, 0.3) is 0 Å². The Bertz CT molecular complexity index is 738. The molecule has 0 spiro atoms. The van der Waals surface area contributed by atoms with Gasteiger partial charge in [-0.15, -0.1) is 0 Å². The molecule has 1 aliphatic heterocycles. The second kappa shape index (κ2) is 6.94. The summed E-state index contributed by atoms with van der Waals surface area (Å²) in [6.07, 6.45) is 5.99. The first-order valence-corrected chi connectivity index (χ1v) is 9.25. The number of aromatic nitrogens is 2. The molecule has 0 saturated heterocycles. The Hall–Kier alpha value is -2.24. The molecule has 0 bridgehead atoms. The molecule has 25 heavy (non-hydrogen) atoms. The number of hydrogen-bond donors (Lipinski definition) is 1. The molecule has 1 fully saturated rings. The van der Waals surface area contributed by atoms with E-state index < -0.39 is 0 Å². The van der Waals surface area contributed by atoms with Gasteiger partial charge in [-0.05, 0) is 32.8 Å². The standard InChI is InChI=1S/C19H25N3O3/c1-3-23-17-9-14-8-12(2)24-16(14)10-15(17)20-11-18-21-19(22-25-18)13-6-4-5-7-13/h9-10,12-13,20H,3-8,11H2,1-2H3/t12-/m0/s1. The van der Waals surface area contributed by atoms with Gasteiger partial charge in [-0.3, -0.25) is 0 Å². The van der Waals surface area contributed by atoms with Crippen molar-refractivity contribution in [2.45, 2.75) is 64.5 Å². The smallest absolute Gasteiger partial charge is 0.245 e. The number of nitrogens with zero attached hydrogens (tertiary/aromatic N) is 2. The fourth-order valence-electron chi connectivity index (χ4n) is 3.71. The molecule has 1 atom stereocenters. The van der Waals surface area contributed by atoms with E-state index in [0.717, 1.165) is 29.4 Å². The Morgan fingerprint density at radius 2 is 2.12 bits per heavy atom. The molecule has 1 N–H and O–H groups in total. The Labute approximate surface area is 147 Å². The van der Waals surface area contributed by atoms with E-state index in [9.17, 15) is 0 Å². The number of hydrogen-bond acceptors (Lipinski definition) is 6. The Morgan fingerprint density at radius 1 is 1.28 bits per heavy atom. The van der Waals surface area contributed by atoms with Crippen molar-refractivity contribution >= 4 is 5.69 Å². The Morgan fingerprint density at radius 3 is 2.92 bits per heavy atom. The molecule has 4 rings (SSSR count). The lowest BCUT2D eigenvalue weighted by Gasteiger charge is -2.13. The van der Waals surface area contributed by atoms with Crippen LogP contribution >= 0.6 is 0 Å². The summed E-state index contributed by atoms with van der Waals surface area (Å²) in [5, 5.41) is 7.52. The van der Waals surface area contributed by atoms with E-state index in [4.69, 9.17) is 14.0 Å². The highest BCUT2D eigenvalue weighted by molar-refractivity contribution is 5.63. The Kier molecular flexibility index (Phi) is 4.51. The van der Waals surface area contributed by atoms with Gasteiger partial charge in [0.15, 0.2) is 5.82 Å². The molecule has 6 nitrogen and oxygen atoms in total. The second-order valence-corrected chi connectivity index (χ2v) is 6.90. The summed E-state index contributed by atoms with van der Waals surface area (Å²) in [6, 6.07) is 4.08. The molecule has 2 aliphatic rings. The zero-order valence-corrected chi connectivity index (χ0v) is 14.9. The van der Waals surface area contributed by atoms with Gasteiger partial charge in [0, 0.05) is 24.0 Å². The first-order valence-electron chi connectivity index (χ1n) is 9.25. The summed E-state index contributed by atoms with van der Waals surface area (Å²) in [5.74, 6) is 3.70. The van der Waals surface area contributed by atoms with Crippen LogP contribution in [-0.2, 0) is 13.0 Å². The highest BCUT2D eigenvalue weighted by Gasteiger charge is 2.24. The molecular formula is C19H25N3O3. The van der Waals surface area contributed by atoms with Gasteiger partial charge in [-0.25, -0.2) is 0 Å². The summed E-state index contributed by atoms with van der Waals surface area (Å²) < 4.78 is 17.1. The van der Waals surface area contributed by atoms with E-state index >= 15 is 0 Å². The van der Waals surface area contributed by atoms with Crippen LogP contribution in [0.1, 0.15) is 62.7 Å². The molecule has 0 radical (unpaired) electrons. The van der Waals surface area contributed by atoms with E-state index in [0.29, 0.717) is 25.0 Å². The summed E-state index contributed by atoms with van der Waals surface area (Å²) in [4.78, 5) is 4.56. The maximum Gasteiger partial charge on any atom is 0.245 e. The number of nitrogens with one attached hydrogen (secondary N) is 1. The third kappa shape index (κ3) is 3.43. The molecule has 2 heterocycles. The van der Waals surface area contributed by atoms with E-state index in [2.05, 4.69) is 28.4 Å². The van der Waals surface area contributed by atoms with Gasteiger partial charge in [-0.2, -0.15) is 4.98 Å². The molecule has 0 unspecified atom stereocenters. The fourth-order valence-corrected chi connectivity index (χ4v) is 3.71. The monoisotopic (exact) mass is 343 g/mol. The topological polar surface area (TPSA) is 69.4 Å². The van der Waals surface area contributed by atoms with Gasteiger partial charge in [-0.1, -0.05) is 18.0 Å². The van der Waals surface area contributed by atoms with Crippen LogP contribution in [0, 0.1) is 0 Å². The van der Waals surface area contributed by atoms with Crippen molar-refractivity contribution < 1.29 is 14.0 Å². The van der Waals surface area contributed by atoms with Crippen LogP contribution in [0.3, 0.4) is 0 Å². The summed E-state index contributed by atoms with van der Waals surface area (Å²) in [6.45, 7) is 5.17. The van der Waals surface area contributed by atoms with Crippen LogP contribution in [0.5, 0.6) is 11.5 Å². The highest BCUT2D eigenvalue weighted by Crippen LogP contribution is 2.38. The second-order valence-electron chi connectivity index (χ2n) is 6.90. The van der Waals surface area contributed by atoms with Gasteiger partial charge >= 0.3 is 0 Å². The lowest BCUT2D eigenvalue weighted by molar-refractivity contribution is 0.254. The Balaban J connectivity index is 1.47. The first-order chi connectivity index (χ1) is 12.2. The van der Waals surface area contributed by atoms with Gasteiger partial charge in [0.2, 0.25) is 5.89 Å². The molecule has 1 aliphatic carbocycles. The number of rotatable bonds is 6. The maximum absolute atomic E-state index is 5.86. The SMILES string of the molecule is CCOc1cc2c(cc1NCc1nc(C3CCCC3)no1)O[C@@H](C)C2. The quantitative estimate of drug-likeness (QED) is 0.853. The molecule has 134 valence electrons. The van der Waals surface area contributed by atoms with Gasteiger partial charge in [0.1, 0.15) is 17.6 Å². The summed E-state index contributed by atoms with van der Waals surface area (Å²) in [7, 11) is 0. The molecule has 2 aromatic rings. The van der Waals surface area contributed by atoms with Crippen LogP contribution < -0.4 is 14.8 Å². The molecule has 1 aromatic heterocycles. The van der Waals surface area contributed by atoms with Crippen LogP contribution in [-0.4, -0.2) is 22.9 Å². The molecular weight excluding hydrogens is 318 g/mol. The molecule has 1 saturated carbocycles. The third-order valence-electron chi connectivity index (χ3n) is 4.93. The average Bonchev–Trinajstić information content (AvgIpc) is 3.32. The summed E-state index contributed by atoms with van der Waals surface area (Å²) in [5.41, 5.74) is 2.10. The van der Waals surface area contributed by atoms with Crippen molar-refractivity contribution in [1.29, 1.82) is 0 Å². The van der Waals surface area contributed by atoms with Crippen molar-refractivity contribution in [3.8, 4) is 11.5 Å². The van der Waals surface area contributed by atoms with Crippen molar-refractivity contribution in [2.24, 2.45) is 0 Å². The van der Waals surface area contributed by atoms with E-state index in [-0.39, 0.29) is 6.10 Å². The van der Waals surface area contributed by atoms with E-state index in [1.54, 1.807) is 0 Å². The van der Waals surface area contributed by atoms with Gasteiger partial charge in [0.25, 0.3) is 0 Å². The fraction of sp³-hybridized carbons (Fsp3) is 0.579. The lowest BCUT2D eigenvalue weighted by Crippen LogP contribution is -2.05. The predicted octanol–water partition coefficient (Wildman–Crippen LogP) is 4.06. The number of anilines is 1. The van der Waals surface area contributed by atoms with Crippen LogP contribution in [0.4, 0.5) is 5.69 Å². The highest BCUT2D eigenvalue weighted by atomic mass is 16.5. The zero-order chi connectivity index (χ0) is 17.2. The minimum Gasteiger partial charge on any atom is -0.492 e. The average molecular weight is 343 g/mol. The summed E-state index contributed by atoms with van der Waals surface area (Å²) >= 11 is 0. The zero-order valence-electron chi connectivity index (χ0n) is 14.9. The number of ether oxygens (including phenoxy) is 2. The largest absolute Gasteiger partial charge is 0.492 e. The van der Waals surface area contributed by atoms with Crippen LogP contribution in [0.15, 0.2) is 16.7 Å². The predicted molar refractivity (Wildman–Crippen MR) is 94.2 cm³/mol. The van der Waals surface area contributed by atoms with Crippen molar-refractivity contribution in [3.05, 3.63) is 29.4 Å². The van der Waals surface area contributed by atoms with Crippen LogP contribution in [0.2, 0.25) is 0 Å². The molecule has 1 aromatic carbocycles. The molecule has 6 heteroatoms. The minimum atomic E-state index is 0.213. The van der Waals surface area contributed by atoms with Crippen molar-refractivity contribution in [3.63, 3.8) is 0 Å². The van der Waals surface area contributed by atoms with Crippen molar-refractivity contribution in [1.82, 2.24) is 10.1 Å². The first kappa shape index (κ1) is 16.2. The normalized spacial score (nSPS) is 19.7. The number of benzene rings is 1. The lowest BCUT2D eigenvalue weighted by atomic mass is 10.1. The third-order valence-corrected chi connectivity index (χ3v) is 4.93. The van der Waals surface area contributed by atoms with E-state index in [1.165, 1.54) is 31.2 Å².